The lowest BCUT2D eigenvalue weighted by Gasteiger charge is -2.24. The van der Waals surface area contributed by atoms with Crippen LogP contribution in [0.1, 0.15) is 70.9 Å². The molecule has 0 saturated heterocycles. The molecule has 0 radical (unpaired) electrons. The minimum absolute atomic E-state index is 0.0489. The Kier molecular flexibility index (Phi) is 16.6. The average molecular weight is 705 g/mol. The van der Waals surface area contributed by atoms with Gasteiger partial charge < -0.3 is 25.4 Å². The Morgan fingerprint density at radius 2 is 1.65 bits per heavy atom. The minimum atomic E-state index is -4.08. The molecule has 1 aliphatic rings. The number of unbranched alkanes of at least 4 members (excludes halogenated alkanes) is 2. The van der Waals surface area contributed by atoms with Gasteiger partial charge in [0.15, 0.2) is 0 Å². The Morgan fingerprint density at radius 3 is 2.29 bits per heavy atom. The Bertz CT molecular complexity index is 1560. The molecule has 5 amide bonds. The van der Waals surface area contributed by atoms with E-state index in [1.807, 2.05) is 0 Å². The van der Waals surface area contributed by atoms with Crippen LogP contribution in [0.15, 0.2) is 30.4 Å². The Balaban J connectivity index is 1.92. The lowest BCUT2D eigenvalue weighted by molar-refractivity contribution is -0.142. The molecule has 268 valence electrons. The first-order chi connectivity index (χ1) is 23.1. The van der Waals surface area contributed by atoms with Crippen LogP contribution in [0.25, 0.3) is 0 Å². The first-order valence-electron chi connectivity index (χ1n) is 15.8. The largest absolute Gasteiger partial charge is 0.461 e. The maximum atomic E-state index is 13.1. The molecule has 0 bridgehead atoms. The molecular formula is C33H44N4O11S. The molecule has 1 aromatic rings. The predicted molar refractivity (Wildman–Crippen MR) is 178 cm³/mol. The Hall–Kier alpha value is -4.59. The summed E-state index contributed by atoms with van der Waals surface area (Å²) >= 11 is 0. The molecule has 16 heteroatoms. The number of esters is 1. The van der Waals surface area contributed by atoms with E-state index in [0.29, 0.717) is 36.1 Å². The summed E-state index contributed by atoms with van der Waals surface area (Å²) in [5.41, 5.74) is 1.33. The normalized spacial score (nSPS) is 13.8. The third kappa shape index (κ3) is 15.5. The summed E-state index contributed by atoms with van der Waals surface area (Å²) in [7, 11) is -4.08. The van der Waals surface area contributed by atoms with Gasteiger partial charge in [0.2, 0.25) is 17.7 Å². The van der Waals surface area contributed by atoms with Gasteiger partial charge in [0.25, 0.3) is 21.9 Å². The highest BCUT2D eigenvalue weighted by molar-refractivity contribution is 7.85. The van der Waals surface area contributed by atoms with Crippen molar-refractivity contribution in [2.75, 3.05) is 30.8 Å². The van der Waals surface area contributed by atoms with Crippen LogP contribution in [0.5, 0.6) is 0 Å². The van der Waals surface area contributed by atoms with Gasteiger partial charge in [-0.3, -0.25) is 38.2 Å². The van der Waals surface area contributed by atoms with Crippen molar-refractivity contribution in [3.63, 3.8) is 0 Å². The number of hydrogen-bond acceptors (Lipinski definition) is 10. The molecule has 0 aromatic heterocycles. The number of benzene rings is 1. The number of hydrogen-bond donors (Lipinski definition) is 4. The van der Waals surface area contributed by atoms with Gasteiger partial charge in [0.05, 0.1) is 5.75 Å². The number of carbonyl (C=O) groups is 6. The zero-order valence-corrected chi connectivity index (χ0v) is 28.9. The molecular weight excluding hydrogens is 660 g/mol. The number of nitrogens with zero attached hydrogens (tertiary/aromatic N) is 1. The van der Waals surface area contributed by atoms with Gasteiger partial charge in [-0.2, -0.15) is 8.42 Å². The second kappa shape index (κ2) is 20.0. The Morgan fingerprint density at radius 1 is 0.959 bits per heavy atom. The topological polar surface area (TPSA) is 215 Å². The molecule has 1 aromatic carbocycles. The fourth-order valence-corrected chi connectivity index (χ4v) is 4.94. The SMILES string of the molecule is CC(=O)OCc1ccc(NC(=O)[C@H](C)NC(=O)[C@@H](NC(=O)CCCCCN2C(=O)C=CC2=O)C(C)C)cc1C#CCOCCCS(=O)(=O)O. The molecule has 2 atom stereocenters. The summed E-state index contributed by atoms with van der Waals surface area (Å²) in [6.45, 7) is 6.48. The second-order valence-corrected chi connectivity index (χ2v) is 13.2. The summed E-state index contributed by atoms with van der Waals surface area (Å²) in [6, 6.07) is 2.88. The average Bonchev–Trinajstić information content (AvgIpc) is 3.34. The van der Waals surface area contributed by atoms with Gasteiger partial charge in [0, 0.05) is 55.5 Å². The maximum Gasteiger partial charge on any atom is 0.302 e. The summed E-state index contributed by atoms with van der Waals surface area (Å²) < 4.78 is 40.7. The first kappa shape index (κ1) is 40.6. The van der Waals surface area contributed by atoms with Crippen molar-refractivity contribution in [1.82, 2.24) is 15.5 Å². The molecule has 2 rings (SSSR count). The van der Waals surface area contributed by atoms with Gasteiger partial charge >= 0.3 is 5.97 Å². The number of imide groups is 1. The summed E-state index contributed by atoms with van der Waals surface area (Å²) in [6.07, 6.45) is 4.33. The van der Waals surface area contributed by atoms with Gasteiger partial charge in [-0.25, -0.2) is 0 Å². The zero-order chi connectivity index (χ0) is 36.6. The van der Waals surface area contributed by atoms with Gasteiger partial charge in [-0.05, 0) is 44.2 Å². The van der Waals surface area contributed by atoms with E-state index in [-0.39, 0.29) is 62.8 Å². The first-order valence-corrected chi connectivity index (χ1v) is 17.4. The fourth-order valence-electron chi connectivity index (χ4n) is 4.46. The fraction of sp³-hybridized carbons (Fsp3) is 0.515. The van der Waals surface area contributed by atoms with Crippen LogP contribution in [0.3, 0.4) is 0 Å². The summed E-state index contributed by atoms with van der Waals surface area (Å²) in [5, 5.41) is 8.06. The smallest absolute Gasteiger partial charge is 0.302 e. The zero-order valence-electron chi connectivity index (χ0n) is 28.1. The van der Waals surface area contributed by atoms with E-state index in [1.165, 1.54) is 26.0 Å². The molecule has 1 aliphatic heterocycles. The van der Waals surface area contributed by atoms with Crippen molar-refractivity contribution >= 4 is 51.3 Å². The third-order valence-corrected chi connectivity index (χ3v) is 7.90. The molecule has 15 nitrogen and oxygen atoms in total. The number of ether oxygens (including phenoxy) is 2. The van der Waals surface area contributed by atoms with Gasteiger partial charge in [0.1, 0.15) is 25.3 Å². The van der Waals surface area contributed by atoms with Crippen LogP contribution in [-0.4, -0.2) is 91.0 Å². The number of amides is 5. The minimum Gasteiger partial charge on any atom is -0.461 e. The number of nitrogens with one attached hydrogen (secondary N) is 3. The monoisotopic (exact) mass is 704 g/mol. The highest BCUT2D eigenvalue weighted by Gasteiger charge is 2.27. The van der Waals surface area contributed by atoms with Crippen molar-refractivity contribution in [2.45, 2.75) is 78.5 Å². The number of anilines is 1. The molecule has 0 unspecified atom stereocenters. The highest BCUT2D eigenvalue weighted by atomic mass is 32.2. The van der Waals surface area contributed by atoms with Crippen molar-refractivity contribution in [1.29, 1.82) is 0 Å². The van der Waals surface area contributed by atoms with Crippen LogP contribution in [-0.2, 0) is 55.0 Å². The van der Waals surface area contributed by atoms with Crippen LogP contribution in [0.2, 0.25) is 0 Å². The Labute approximate surface area is 286 Å². The van der Waals surface area contributed by atoms with E-state index in [0.717, 1.165) is 4.90 Å². The van der Waals surface area contributed by atoms with Crippen molar-refractivity contribution in [3.8, 4) is 11.8 Å². The standard InChI is InChI=1S/C33H44N4O11S/c1-22(2)31(36-28(39)11-6-5-7-16-37-29(40)14-15-30(37)41)33(43)34-23(3)32(42)35-27-13-12-26(21-48-24(4)38)25(20-27)10-8-17-47-18-9-19-49(44,45)46/h12-15,20,22-23,31H,5-7,9,11,16-19,21H2,1-4H3,(H,34,43)(H,35,42)(H,36,39)(H,44,45,46)/t23-,31-/m0/s1. The maximum absolute atomic E-state index is 13.1. The summed E-state index contributed by atoms with van der Waals surface area (Å²) in [5.74, 6) is 2.32. The van der Waals surface area contributed by atoms with E-state index in [1.54, 1.807) is 32.0 Å². The van der Waals surface area contributed by atoms with Crippen LogP contribution in [0.4, 0.5) is 5.69 Å². The van der Waals surface area contributed by atoms with Crippen LogP contribution < -0.4 is 16.0 Å². The van der Waals surface area contributed by atoms with E-state index in [2.05, 4.69) is 27.8 Å². The van der Waals surface area contributed by atoms with Crippen LogP contribution >= 0.6 is 0 Å². The van der Waals surface area contributed by atoms with E-state index in [9.17, 15) is 37.2 Å². The third-order valence-electron chi connectivity index (χ3n) is 7.10. The highest BCUT2D eigenvalue weighted by Crippen LogP contribution is 2.17. The molecule has 1 heterocycles. The van der Waals surface area contributed by atoms with Gasteiger partial charge in [-0.1, -0.05) is 38.2 Å². The lowest BCUT2D eigenvalue weighted by atomic mass is 10.0. The van der Waals surface area contributed by atoms with Crippen LogP contribution in [0, 0.1) is 17.8 Å². The number of carbonyl (C=O) groups excluding carboxylic acids is 6. The molecule has 49 heavy (non-hydrogen) atoms. The predicted octanol–water partition coefficient (Wildman–Crippen LogP) is 1.47. The molecule has 0 saturated carbocycles. The second-order valence-electron chi connectivity index (χ2n) is 11.6. The van der Waals surface area contributed by atoms with Crippen molar-refractivity contribution in [3.05, 3.63) is 41.5 Å². The summed E-state index contributed by atoms with van der Waals surface area (Å²) in [4.78, 5) is 74.4. The lowest BCUT2D eigenvalue weighted by Crippen LogP contribution is -2.53. The molecule has 0 aliphatic carbocycles. The van der Waals surface area contributed by atoms with Gasteiger partial charge in [-0.15, -0.1) is 0 Å². The van der Waals surface area contributed by atoms with E-state index in [4.69, 9.17) is 14.0 Å². The van der Waals surface area contributed by atoms with E-state index >= 15 is 0 Å². The van der Waals surface area contributed by atoms with Crippen molar-refractivity contribution < 1.29 is 51.2 Å². The number of rotatable bonds is 19. The molecule has 0 fully saturated rings. The van der Waals surface area contributed by atoms with Crippen molar-refractivity contribution in [2.24, 2.45) is 5.92 Å². The van der Waals surface area contributed by atoms with E-state index < -0.39 is 45.7 Å². The molecule has 0 spiro atoms. The quantitative estimate of drug-likeness (QED) is 0.0532. The molecule has 4 N–H and O–H groups in total.